The molecule has 1 aromatic heterocycles. The molecule has 2 aromatic rings. The molecule has 1 amide bonds. The first-order valence-electron chi connectivity index (χ1n) is 6.34. The summed E-state index contributed by atoms with van der Waals surface area (Å²) >= 11 is 1.67. The largest absolute Gasteiger partial charge is 0.367 e. The number of amides is 1. The fraction of sp³-hybridized carbons (Fsp3) is 0.267. The lowest BCUT2D eigenvalue weighted by Gasteiger charge is -2.04. The van der Waals surface area contributed by atoms with Gasteiger partial charge in [0.05, 0.1) is 5.75 Å². The van der Waals surface area contributed by atoms with Gasteiger partial charge in [-0.2, -0.15) is 11.8 Å². The summed E-state index contributed by atoms with van der Waals surface area (Å²) < 4.78 is 0. The van der Waals surface area contributed by atoms with E-state index in [4.69, 9.17) is 0 Å². The van der Waals surface area contributed by atoms with E-state index >= 15 is 0 Å². The minimum Gasteiger partial charge on any atom is -0.367 e. The van der Waals surface area contributed by atoms with Gasteiger partial charge in [-0.3, -0.25) is 4.79 Å². The van der Waals surface area contributed by atoms with Gasteiger partial charge in [-0.25, -0.2) is 0 Å². The highest BCUT2D eigenvalue weighted by molar-refractivity contribution is 7.99. The normalized spacial score (nSPS) is 10.3. The van der Waals surface area contributed by atoms with Crippen LogP contribution in [0.1, 0.15) is 11.1 Å². The third kappa shape index (κ3) is 5.22. The van der Waals surface area contributed by atoms with Crippen molar-refractivity contribution in [1.29, 1.82) is 0 Å². The number of aromatic amines is 1. The second-order valence-electron chi connectivity index (χ2n) is 4.28. The number of hydrogen-bond acceptors (Lipinski definition) is 2. The Morgan fingerprint density at radius 1 is 1.16 bits per heavy atom. The molecule has 0 aliphatic rings. The first kappa shape index (κ1) is 13.7. The molecular weight excluding hydrogens is 256 g/mol. The number of nitrogens with one attached hydrogen (secondary N) is 2. The Morgan fingerprint density at radius 3 is 2.74 bits per heavy atom. The summed E-state index contributed by atoms with van der Waals surface area (Å²) in [5, 5.41) is 2.90. The van der Waals surface area contributed by atoms with Crippen molar-refractivity contribution < 1.29 is 4.79 Å². The Kier molecular flexibility index (Phi) is 5.56. The zero-order valence-corrected chi connectivity index (χ0v) is 11.6. The summed E-state index contributed by atoms with van der Waals surface area (Å²) in [4.78, 5) is 14.6. The molecule has 0 atom stereocenters. The predicted molar refractivity (Wildman–Crippen MR) is 80.1 cm³/mol. The topological polar surface area (TPSA) is 44.9 Å². The summed E-state index contributed by atoms with van der Waals surface area (Å²) in [5.41, 5.74) is 2.42. The highest BCUT2D eigenvalue weighted by Crippen LogP contribution is 2.06. The molecule has 1 heterocycles. The molecule has 0 aliphatic heterocycles. The number of aromatic nitrogens is 1. The van der Waals surface area contributed by atoms with Crippen molar-refractivity contribution in [1.82, 2.24) is 10.3 Å². The fourth-order valence-electron chi connectivity index (χ4n) is 1.72. The molecular formula is C15H18N2OS. The standard InChI is InChI=1S/C15H18N2OS/c18-15(17-11-14-6-8-16-10-14)12-19-9-7-13-4-2-1-3-5-13/h1-6,8,10,16H,7,9,11-12H2,(H,17,18). The Morgan fingerprint density at radius 2 is 2.00 bits per heavy atom. The predicted octanol–water partition coefficient (Wildman–Crippen LogP) is 2.61. The number of thioether (sulfide) groups is 1. The molecule has 0 bridgehead atoms. The third-order valence-corrected chi connectivity index (χ3v) is 3.72. The molecule has 0 fully saturated rings. The zero-order chi connectivity index (χ0) is 13.3. The van der Waals surface area contributed by atoms with Gasteiger partial charge in [-0.1, -0.05) is 30.3 Å². The summed E-state index contributed by atoms with van der Waals surface area (Å²) in [6.45, 7) is 0.599. The number of hydrogen-bond donors (Lipinski definition) is 2. The molecule has 3 nitrogen and oxygen atoms in total. The fourth-order valence-corrected chi connectivity index (χ4v) is 2.53. The van der Waals surface area contributed by atoms with Crippen LogP contribution in [0.15, 0.2) is 48.8 Å². The van der Waals surface area contributed by atoms with E-state index in [1.165, 1.54) is 5.56 Å². The van der Waals surface area contributed by atoms with Gasteiger partial charge >= 0.3 is 0 Å². The van der Waals surface area contributed by atoms with Crippen molar-refractivity contribution in [2.24, 2.45) is 0 Å². The highest BCUT2D eigenvalue weighted by atomic mass is 32.2. The van der Waals surface area contributed by atoms with Gasteiger partial charge in [0.15, 0.2) is 0 Å². The summed E-state index contributed by atoms with van der Waals surface area (Å²) in [6.07, 6.45) is 4.76. The Labute approximate surface area is 117 Å². The van der Waals surface area contributed by atoms with E-state index in [1.54, 1.807) is 11.8 Å². The molecule has 0 radical (unpaired) electrons. The highest BCUT2D eigenvalue weighted by Gasteiger charge is 2.01. The molecule has 4 heteroatoms. The van der Waals surface area contributed by atoms with Crippen LogP contribution < -0.4 is 5.32 Å². The van der Waals surface area contributed by atoms with E-state index in [1.807, 2.05) is 36.7 Å². The number of benzene rings is 1. The maximum Gasteiger partial charge on any atom is 0.230 e. The van der Waals surface area contributed by atoms with Crippen LogP contribution in [0.25, 0.3) is 0 Å². The third-order valence-electron chi connectivity index (χ3n) is 2.76. The van der Waals surface area contributed by atoms with Gasteiger partial charge in [0, 0.05) is 18.9 Å². The molecule has 0 saturated carbocycles. The number of carbonyl (C=O) groups is 1. The SMILES string of the molecule is O=C(CSCCc1ccccc1)NCc1cc[nH]c1. The molecule has 0 spiro atoms. The lowest BCUT2D eigenvalue weighted by atomic mass is 10.2. The molecule has 1 aromatic carbocycles. The van der Waals surface area contributed by atoms with Crippen LogP contribution in [-0.2, 0) is 17.8 Å². The van der Waals surface area contributed by atoms with E-state index in [2.05, 4.69) is 22.4 Å². The van der Waals surface area contributed by atoms with Gasteiger partial charge < -0.3 is 10.3 Å². The van der Waals surface area contributed by atoms with Gasteiger partial charge in [-0.15, -0.1) is 0 Å². The van der Waals surface area contributed by atoms with E-state index in [0.717, 1.165) is 17.7 Å². The van der Waals surface area contributed by atoms with Crippen molar-refractivity contribution in [2.45, 2.75) is 13.0 Å². The maximum atomic E-state index is 11.6. The minimum atomic E-state index is 0.0965. The van der Waals surface area contributed by atoms with Crippen LogP contribution in [0, 0.1) is 0 Å². The lowest BCUT2D eigenvalue weighted by molar-refractivity contribution is -0.118. The number of aryl methyl sites for hydroxylation is 1. The van der Waals surface area contributed by atoms with Crippen LogP contribution in [0.3, 0.4) is 0 Å². The van der Waals surface area contributed by atoms with Gasteiger partial charge in [0.1, 0.15) is 0 Å². The van der Waals surface area contributed by atoms with Gasteiger partial charge in [0.25, 0.3) is 0 Å². The monoisotopic (exact) mass is 274 g/mol. The van der Waals surface area contributed by atoms with Crippen molar-refractivity contribution in [2.75, 3.05) is 11.5 Å². The molecule has 19 heavy (non-hydrogen) atoms. The van der Waals surface area contributed by atoms with Crippen molar-refractivity contribution in [3.8, 4) is 0 Å². The summed E-state index contributed by atoms with van der Waals surface area (Å²) in [6, 6.07) is 12.3. The Hall–Kier alpha value is -1.68. The zero-order valence-electron chi connectivity index (χ0n) is 10.8. The van der Waals surface area contributed by atoms with Gasteiger partial charge in [0.2, 0.25) is 5.91 Å². The number of rotatable bonds is 7. The van der Waals surface area contributed by atoms with Crippen LogP contribution in [0.5, 0.6) is 0 Å². The first-order valence-corrected chi connectivity index (χ1v) is 7.50. The second-order valence-corrected chi connectivity index (χ2v) is 5.39. The smallest absolute Gasteiger partial charge is 0.230 e. The second kappa shape index (κ2) is 7.69. The molecule has 0 saturated heterocycles. The average Bonchev–Trinajstić information content (AvgIpc) is 2.96. The van der Waals surface area contributed by atoms with Crippen LogP contribution in [0.2, 0.25) is 0 Å². The van der Waals surface area contributed by atoms with Crippen molar-refractivity contribution >= 4 is 17.7 Å². The summed E-state index contributed by atoms with van der Waals surface area (Å²) in [7, 11) is 0. The van der Waals surface area contributed by atoms with Gasteiger partial charge in [-0.05, 0) is 29.4 Å². The van der Waals surface area contributed by atoms with E-state index < -0.39 is 0 Å². The summed E-state index contributed by atoms with van der Waals surface area (Å²) in [5.74, 6) is 1.60. The lowest BCUT2D eigenvalue weighted by Crippen LogP contribution is -2.24. The molecule has 2 rings (SSSR count). The molecule has 0 aliphatic carbocycles. The Balaban J connectivity index is 1.57. The van der Waals surface area contributed by atoms with E-state index in [9.17, 15) is 4.79 Å². The molecule has 0 unspecified atom stereocenters. The minimum absolute atomic E-state index is 0.0965. The van der Waals surface area contributed by atoms with Crippen LogP contribution in [-0.4, -0.2) is 22.4 Å². The van der Waals surface area contributed by atoms with Crippen LogP contribution in [0.4, 0.5) is 0 Å². The van der Waals surface area contributed by atoms with Crippen LogP contribution >= 0.6 is 11.8 Å². The Bertz CT molecular complexity index is 482. The van der Waals surface area contributed by atoms with E-state index in [-0.39, 0.29) is 5.91 Å². The molecule has 2 N–H and O–H groups in total. The van der Waals surface area contributed by atoms with Crippen molar-refractivity contribution in [3.63, 3.8) is 0 Å². The first-order chi connectivity index (χ1) is 9.34. The average molecular weight is 274 g/mol. The number of H-pyrrole nitrogens is 1. The van der Waals surface area contributed by atoms with E-state index in [0.29, 0.717) is 12.3 Å². The molecule has 100 valence electrons. The maximum absolute atomic E-state index is 11.6. The van der Waals surface area contributed by atoms with Crippen molar-refractivity contribution in [3.05, 3.63) is 59.9 Å². The number of carbonyl (C=O) groups excluding carboxylic acids is 1. The quantitative estimate of drug-likeness (QED) is 0.762.